The highest BCUT2D eigenvalue weighted by molar-refractivity contribution is 6.10. The van der Waals surface area contributed by atoms with Crippen molar-refractivity contribution >= 4 is 22.7 Å². The molecular formula is C22H18F3N3O2. The number of rotatable bonds is 3. The number of hydrogen-bond donors (Lipinski definition) is 2. The van der Waals surface area contributed by atoms with E-state index in [9.17, 15) is 18.4 Å². The Morgan fingerprint density at radius 3 is 2.60 bits per heavy atom. The number of hydrogen-bond acceptors (Lipinski definition) is 2. The lowest BCUT2D eigenvalue weighted by Crippen LogP contribution is -2.35. The summed E-state index contributed by atoms with van der Waals surface area (Å²) in [6.07, 6.45) is 1.59. The number of amides is 2. The molecule has 154 valence electrons. The maximum absolute atomic E-state index is 15.2. The van der Waals surface area contributed by atoms with Crippen LogP contribution in [-0.4, -0.2) is 28.2 Å². The van der Waals surface area contributed by atoms with Gasteiger partial charge in [0, 0.05) is 29.7 Å². The van der Waals surface area contributed by atoms with Crippen LogP contribution in [0.15, 0.2) is 30.9 Å². The number of aromatic amines is 1. The maximum Gasteiger partial charge on any atom is 0.253 e. The average molecular weight is 413 g/mol. The number of carbonyl (C=O) groups is 2. The van der Waals surface area contributed by atoms with Crippen LogP contribution in [0, 0.1) is 24.4 Å². The molecule has 0 unspecified atom stereocenters. The molecule has 5 nitrogen and oxygen atoms in total. The highest BCUT2D eigenvalue weighted by Gasteiger charge is 2.30. The van der Waals surface area contributed by atoms with Crippen molar-refractivity contribution < 1.29 is 22.8 Å². The van der Waals surface area contributed by atoms with Gasteiger partial charge >= 0.3 is 0 Å². The molecule has 1 aliphatic heterocycles. The van der Waals surface area contributed by atoms with Crippen LogP contribution in [-0.2, 0) is 17.8 Å². The largest absolute Gasteiger partial charge is 0.365 e. The molecule has 0 spiro atoms. The molecule has 2 aromatic carbocycles. The number of fused-ring (bicyclic) bond motifs is 2. The topological polar surface area (TPSA) is 79.2 Å². The average Bonchev–Trinajstić information content (AvgIpc) is 3.01. The van der Waals surface area contributed by atoms with Crippen molar-refractivity contribution in [1.29, 1.82) is 0 Å². The first-order valence-electron chi connectivity index (χ1n) is 9.27. The predicted octanol–water partition coefficient (Wildman–Crippen LogP) is 3.73. The minimum Gasteiger partial charge on any atom is -0.365 e. The van der Waals surface area contributed by atoms with Gasteiger partial charge in [0.2, 0.25) is 5.91 Å². The number of nitrogens with two attached hydrogens (primary N) is 1. The first-order valence-corrected chi connectivity index (χ1v) is 9.27. The summed E-state index contributed by atoms with van der Waals surface area (Å²) in [6, 6.07) is 4.99. The molecule has 2 amide bonds. The number of aromatic nitrogens is 1. The molecule has 0 fully saturated rings. The van der Waals surface area contributed by atoms with Gasteiger partial charge in [-0.05, 0) is 36.1 Å². The second kappa shape index (κ2) is 7.05. The van der Waals surface area contributed by atoms with Crippen LogP contribution in [0.5, 0.6) is 0 Å². The molecule has 0 aliphatic carbocycles. The third kappa shape index (κ3) is 2.79. The summed E-state index contributed by atoms with van der Waals surface area (Å²) >= 11 is 0. The fourth-order valence-electron chi connectivity index (χ4n) is 4.11. The van der Waals surface area contributed by atoms with E-state index in [1.807, 2.05) is 0 Å². The van der Waals surface area contributed by atoms with Crippen LogP contribution in [0.25, 0.3) is 22.0 Å². The van der Waals surface area contributed by atoms with Crippen molar-refractivity contribution in [2.45, 2.75) is 19.9 Å². The molecule has 0 radical (unpaired) electrons. The van der Waals surface area contributed by atoms with Crippen LogP contribution in [0.4, 0.5) is 13.2 Å². The second-order valence-electron chi connectivity index (χ2n) is 7.21. The lowest BCUT2D eigenvalue weighted by Gasteiger charge is -2.29. The van der Waals surface area contributed by atoms with Crippen LogP contribution >= 0.6 is 0 Å². The molecule has 0 bridgehead atoms. The molecule has 1 aromatic heterocycles. The van der Waals surface area contributed by atoms with Crippen molar-refractivity contribution in [3.05, 3.63) is 70.7 Å². The van der Waals surface area contributed by atoms with Crippen molar-refractivity contribution in [1.82, 2.24) is 9.88 Å². The molecule has 4 rings (SSSR count). The zero-order valence-electron chi connectivity index (χ0n) is 16.1. The lowest BCUT2D eigenvalue weighted by atomic mass is 9.88. The number of halogens is 3. The minimum atomic E-state index is -1.43. The summed E-state index contributed by atoms with van der Waals surface area (Å²) in [5.74, 6) is -4.98. The second-order valence-corrected chi connectivity index (χ2v) is 7.21. The zero-order chi connectivity index (χ0) is 21.7. The quantitative estimate of drug-likeness (QED) is 0.642. The fraction of sp³-hybridized carbons (Fsp3) is 0.182. The zero-order valence-corrected chi connectivity index (χ0v) is 16.1. The normalized spacial score (nSPS) is 13.4. The van der Waals surface area contributed by atoms with Gasteiger partial charge in [-0.3, -0.25) is 9.59 Å². The minimum absolute atomic E-state index is 0.0336. The summed E-state index contributed by atoms with van der Waals surface area (Å²) in [6.45, 7) is 5.51. The van der Waals surface area contributed by atoms with Gasteiger partial charge in [-0.15, -0.1) is 0 Å². The van der Waals surface area contributed by atoms with Crippen molar-refractivity contribution in [2.75, 3.05) is 6.54 Å². The smallest absolute Gasteiger partial charge is 0.253 e. The van der Waals surface area contributed by atoms with E-state index in [1.165, 1.54) is 13.0 Å². The monoisotopic (exact) mass is 413 g/mol. The molecule has 2 heterocycles. The van der Waals surface area contributed by atoms with Gasteiger partial charge in [0.05, 0.1) is 5.52 Å². The van der Waals surface area contributed by atoms with Gasteiger partial charge in [-0.2, -0.15) is 0 Å². The van der Waals surface area contributed by atoms with Crippen LogP contribution in [0.2, 0.25) is 0 Å². The highest BCUT2D eigenvalue weighted by Crippen LogP contribution is 2.41. The summed E-state index contributed by atoms with van der Waals surface area (Å²) in [5.41, 5.74) is 5.85. The Hall–Kier alpha value is -3.55. The van der Waals surface area contributed by atoms with E-state index in [4.69, 9.17) is 5.73 Å². The Bertz CT molecular complexity index is 1250. The first-order chi connectivity index (χ1) is 14.3. The lowest BCUT2D eigenvalue weighted by molar-refractivity contribution is -0.126. The van der Waals surface area contributed by atoms with Crippen molar-refractivity contribution in [3.8, 4) is 11.1 Å². The summed E-state index contributed by atoms with van der Waals surface area (Å²) in [4.78, 5) is 27.9. The SMILES string of the molecule is C=CC(=O)N1CCc2c(cccc2-c2c(F)c(F)c(C(N)=O)c3[nH]c(C)c(F)c23)C1. The molecule has 0 saturated heterocycles. The Morgan fingerprint density at radius 2 is 1.93 bits per heavy atom. The van der Waals surface area contributed by atoms with Gasteiger partial charge < -0.3 is 15.6 Å². The maximum atomic E-state index is 15.2. The highest BCUT2D eigenvalue weighted by atomic mass is 19.2. The van der Waals surface area contributed by atoms with Crippen LogP contribution in [0.1, 0.15) is 27.2 Å². The van der Waals surface area contributed by atoms with E-state index in [0.717, 1.165) is 5.56 Å². The molecule has 0 saturated carbocycles. The van der Waals surface area contributed by atoms with E-state index in [-0.39, 0.29) is 34.6 Å². The Morgan fingerprint density at radius 1 is 1.20 bits per heavy atom. The van der Waals surface area contributed by atoms with Crippen LogP contribution < -0.4 is 5.73 Å². The number of nitrogens with zero attached hydrogens (tertiary/aromatic N) is 1. The fourth-order valence-corrected chi connectivity index (χ4v) is 4.11. The number of nitrogens with one attached hydrogen (secondary N) is 1. The van der Waals surface area contributed by atoms with E-state index in [1.54, 1.807) is 23.1 Å². The summed E-state index contributed by atoms with van der Waals surface area (Å²) in [7, 11) is 0. The Labute approximate surface area is 170 Å². The van der Waals surface area contributed by atoms with E-state index >= 15 is 4.39 Å². The third-order valence-electron chi connectivity index (χ3n) is 5.51. The molecule has 3 N–H and O–H groups in total. The number of carbonyl (C=O) groups excluding carboxylic acids is 2. The van der Waals surface area contributed by atoms with Gasteiger partial charge in [0.15, 0.2) is 17.5 Å². The van der Waals surface area contributed by atoms with Gasteiger partial charge in [0.25, 0.3) is 5.91 Å². The Kier molecular flexibility index (Phi) is 4.64. The number of H-pyrrole nitrogens is 1. The third-order valence-corrected chi connectivity index (χ3v) is 5.51. The van der Waals surface area contributed by atoms with Gasteiger partial charge in [0.1, 0.15) is 5.56 Å². The van der Waals surface area contributed by atoms with Crippen molar-refractivity contribution in [3.63, 3.8) is 0 Å². The predicted molar refractivity (Wildman–Crippen MR) is 106 cm³/mol. The molecule has 1 aliphatic rings. The van der Waals surface area contributed by atoms with E-state index < -0.39 is 28.9 Å². The van der Waals surface area contributed by atoms with Gasteiger partial charge in [-0.25, -0.2) is 13.2 Å². The standard InChI is InChI=1S/C22H18F3N3O2/c1-3-14(29)28-8-7-12-11(9-28)5-4-6-13(12)15-16-18(23)10(2)27-21(16)17(22(26)30)20(25)19(15)24/h3-6,27H,1,7-9H2,2H3,(H2,26,30). The molecule has 3 aromatic rings. The molecule has 8 heteroatoms. The van der Waals surface area contributed by atoms with E-state index in [0.29, 0.717) is 24.1 Å². The Balaban J connectivity index is 2.02. The molecular weight excluding hydrogens is 395 g/mol. The number of benzene rings is 2. The number of aryl methyl sites for hydroxylation is 1. The number of primary amides is 1. The van der Waals surface area contributed by atoms with Gasteiger partial charge in [-0.1, -0.05) is 24.8 Å². The molecule has 30 heavy (non-hydrogen) atoms. The molecule has 0 atom stereocenters. The summed E-state index contributed by atoms with van der Waals surface area (Å²) in [5, 5.41) is -0.224. The summed E-state index contributed by atoms with van der Waals surface area (Å²) < 4.78 is 45.0. The van der Waals surface area contributed by atoms with E-state index in [2.05, 4.69) is 11.6 Å². The first kappa shape index (κ1) is 19.8. The van der Waals surface area contributed by atoms with Crippen molar-refractivity contribution in [2.24, 2.45) is 5.73 Å². The van der Waals surface area contributed by atoms with Crippen LogP contribution in [0.3, 0.4) is 0 Å².